The van der Waals surface area contributed by atoms with Gasteiger partial charge in [-0.25, -0.2) is 4.68 Å². The van der Waals surface area contributed by atoms with E-state index in [0.717, 1.165) is 29.3 Å². The van der Waals surface area contributed by atoms with Crippen molar-refractivity contribution < 1.29 is 0 Å². The molecule has 0 aromatic carbocycles. The molecule has 1 aromatic rings. The number of nitrogens with one attached hydrogen (secondary N) is 1. The van der Waals surface area contributed by atoms with Crippen LogP contribution in [0.3, 0.4) is 0 Å². The summed E-state index contributed by atoms with van der Waals surface area (Å²) in [6.07, 6.45) is 4.33. The fraction of sp³-hybridized carbons (Fsp3) is 0.750. The first-order chi connectivity index (χ1) is 6.36. The van der Waals surface area contributed by atoms with Crippen LogP contribution in [0.15, 0.2) is 6.20 Å². The normalized spacial score (nSPS) is 19.2. The van der Waals surface area contributed by atoms with Crippen LogP contribution in [0.1, 0.15) is 12.8 Å². The maximum absolute atomic E-state index is 4.05. The predicted molar refractivity (Wildman–Crippen MR) is 58.3 cm³/mol. The van der Waals surface area contributed by atoms with Gasteiger partial charge < -0.3 is 5.32 Å². The Morgan fingerprint density at radius 3 is 2.92 bits per heavy atom. The quantitative estimate of drug-likeness (QED) is 0.823. The van der Waals surface area contributed by atoms with Gasteiger partial charge in [-0.1, -0.05) is 5.21 Å². The van der Waals surface area contributed by atoms with Gasteiger partial charge in [0.1, 0.15) is 3.70 Å². The van der Waals surface area contributed by atoms with Crippen molar-refractivity contribution in [1.82, 2.24) is 20.3 Å². The second kappa shape index (κ2) is 4.36. The van der Waals surface area contributed by atoms with Crippen LogP contribution in [0.25, 0.3) is 0 Å². The van der Waals surface area contributed by atoms with E-state index in [1.54, 1.807) is 0 Å². The van der Waals surface area contributed by atoms with Crippen molar-refractivity contribution in [2.24, 2.45) is 5.92 Å². The van der Waals surface area contributed by atoms with Crippen molar-refractivity contribution in [3.63, 3.8) is 0 Å². The van der Waals surface area contributed by atoms with Gasteiger partial charge in [0.2, 0.25) is 0 Å². The predicted octanol–water partition coefficient (Wildman–Crippen LogP) is 0.882. The third-order valence-corrected chi connectivity index (χ3v) is 3.30. The van der Waals surface area contributed by atoms with Crippen molar-refractivity contribution in [3.8, 4) is 0 Å². The van der Waals surface area contributed by atoms with Crippen LogP contribution in [0, 0.1) is 9.62 Å². The second-order valence-electron chi connectivity index (χ2n) is 3.43. The van der Waals surface area contributed by atoms with E-state index in [9.17, 15) is 0 Å². The summed E-state index contributed by atoms with van der Waals surface area (Å²) in [5, 5.41) is 11.3. The molecule has 0 spiro atoms. The number of rotatable bonds is 2. The van der Waals surface area contributed by atoms with Gasteiger partial charge >= 0.3 is 0 Å². The Morgan fingerprint density at radius 2 is 2.31 bits per heavy atom. The van der Waals surface area contributed by atoms with Crippen LogP contribution in [-0.2, 0) is 6.54 Å². The van der Waals surface area contributed by atoms with Crippen molar-refractivity contribution in [2.75, 3.05) is 13.1 Å². The molecule has 2 rings (SSSR count). The number of hydrogen-bond acceptors (Lipinski definition) is 3. The fourth-order valence-electron chi connectivity index (χ4n) is 1.68. The number of nitrogens with zero attached hydrogens (tertiary/aromatic N) is 3. The van der Waals surface area contributed by atoms with Gasteiger partial charge in [-0.05, 0) is 54.4 Å². The number of piperidine rings is 1. The summed E-state index contributed by atoms with van der Waals surface area (Å²) in [6.45, 7) is 3.33. The maximum atomic E-state index is 4.05. The second-order valence-corrected chi connectivity index (χ2v) is 4.54. The molecule has 0 unspecified atom stereocenters. The molecule has 1 aliphatic heterocycles. The molecule has 0 bridgehead atoms. The largest absolute Gasteiger partial charge is 0.317 e. The molecule has 0 aliphatic carbocycles. The molecule has 0 atom stereocenters. The van der Waals surface area contributed by atoms with Crippen LogP contribution < -0.4 is 5.32 Å². The summed E-state index contributed by atoms with van der Waals surface area (Å²) in [7, 11) is 0. The summed E-state index contributed by atoms with van der Waals surface area (Å²) in [5.74, 6) is 0.775. The summed E-state index contributed by atoms with van der Waals surface area (Å²) in [4.78, 5) is 0. The molecule has 5 heteroatoms. The minimum atomic E-state index is 0.775. The highest BCUT2D eigenvalue weighted by Gasteiger charge is 2.14. The Morgan fingerprint density at radius 1 is 1.54 bits per heavy atom. The highest BCUT2D eigenvalue weighted by Crippen LogP contribution is 2.14. The Balaban J connectivity index is 1.93. The lowest BCUT2D eigenvalue weighted by Gasteiger charge is -2.22. The monoisotopic (exact) mass is 292 g/mol. The van der Waals surface area contributed by atoms with E-state index in [-0.39, 0.29) is 0 Å². The molecule has 0 amide bonds. The summed E-state index contributed by atoms with van der Waals surface area (Å²) in [6, 6.07) is 0. The summed E-state index contributed by atoms with van der Waals surface area (Å²) >= 11 is 2.27. The molecule has 1 N–H and O–H groups in total. The zero-order chi connectivity index (χ0) is 9.10. The first-order valence-corrected chi connectivity index (χ1v) is 5.69. The topological polar surface area (TPSA) is 42.7 Å². The van der Waals surface area contributed by atoms with Gasteiger partial charge in [0.25, 0.3) is 0 Å². The van der Waals surface area contributed by atoms with Crippen LogP contribution in [0.2, 0.25) is 0 Å². The minimum Gasteiger partial charge on any atom is -0.317 e. The van der Waals surface area contributed by atoms with Crippen LogP contribution in [-0.4, -0.2) is 28.1 Å². The van der Waals surface area contributed by atoms with Gasteiger partial charge in [-0.2, -0.15) is 0 Å². The van der Waals surface area contributed by atoms with Crippen LogP contribution in [0.5, 0.6) is 0 Å². The molecule has 1 fully saturated rings. The zero-order valence-corrected chi connectivity index (χ0v) is 9.57. The lowest BCUT2D eigenvalue weighted by atomic mass is 9.98. The minimum absolute atomic E-state index is 0.775. The summed E-state index contributed by atoms with van der Waals surface area (Å²) in [5.41, 5.74) is 0. The van der Waals surface area contributed by atoms with Gasteiger partial charge in [0.15, 0.2) is 0 Å². The molecule has 1 aromatic heterocycles. The Bertz CT molecular complexity index is 267. The molecular weight excluding hydrogens is 279 g/mol. The van der Waals surface area contributed by atoms with E-state index >= 15 is 0 Å². The average Bonchev–Trinajstić information content (AvgIpc) is 2.54. The van der Waals surface area contributed by atoms with E-state index in [4.69, 9.17) is 0 Å². The standard InChI is InChI=1S/C8H13IN4/c9-8-5-11-12-13(8)6-7-1-3-10-4-2-7/h5,7,10H,1-4,6H2. The third-order valence-electron chi connectivity index (χ3n) is 2.46. The van der Waals surface area contributed by atoms with Gasteiger partial charge in [0, 0.05) is 6.54 Å². The Hall–Kier alpha value is -0.170. The molecule has 0 saturated carbocycles. The number of aromatic nitrogens is 3. The van der Waals surface area contributed by atoms with Crippen molar-refractivity contribution in [1.29, 1.82) is 0 Å². The molecule has 1 aliphatic rings. The molecule has 0 radical (unpaired) electrons. The van der Waals surface area contributed by atoms with E-state index in [0.29, 0.717) is 0 Å². The van der Waals surface area contributed by atoms with Crippen molar-refractivity contribution in [2.45, 2.75) is 19.4 Å². The molecule has 2 heterocycles. The average molecular weight is 292 g/mol. The van der Waals surface area contributed by atoms with E-state index < -0.39 is 0 Å². The van der Waals surface area contributed by atoms with Crippen LogP contribution >= 0.6 is 22.6 Å². The third kappa shape index (κ3) is 2.40. The van der Waals surface area contributed by atoms with E-state index in [1.165, 1.54) is 12.8 Å². The first-order valence-electron chi connectivity index (χ1n) is 4.61. The maximum Gasteiger partial charge on any atom is 0.119 e. The first kappa shape index (κ1) is 9.39. The van der Waals surface area contributed by atoms with Crippen LogP contribution in [0.4, 0.5) is 0 Å². The van der Waals surface area contributed by atoms with Gasteiger partial charge in [-0.15, -0.1) is 5.10 Å². The number of hydrogen-bond donors (Lipinski definition) is 1. The number of halogens is 1. The lowest BCUT2D eigenvalue weighted by molar-refractivity contribution is 0.316. The molecule has 4 nitrogen and oxygen atoms in total. The molecule has 72 valence electrons. The SMILES string of the molecule is Ic1cnnn1CC1CCNCC1. The van der Waals surface area contributed by atoms with Crippen molar-refractivity contribution >= 4 is 22.6 Å². The van der Waals surface area contributed by atoms with Gasteiger partial charge in [0.05, 0.1) is 6.20 Å². The Labute approximate surface area is 91.2 Å². The molecular formula is C8H13IN4. The fourth-order valence-corrected chi connectivity index (χ4v) is 2.10. The lowest BCUT2D eigenvalue weighted by Crippen LogP contribution is -2.30. The molecule has 1 saturated heterocycles. The zero-order valence-electron chi connectivity index (χ0n) is 7.41. The van der Waals surface area contributed by atoms with Crippen molar-refractivity contribution in [3.05, 3.63) is 9.90 Å². The highest BCUT2D eigenvalue weighted by molar-refractivity contribution is 14.1. The highest BCUT2D eigenvalue weighted by atomic mass is 127. The molecule has 13 heavy (non-hydrogen) atoms. The smallest absolute Gasteiger partial charge is 0.119 e. The van der Waals surface area contributed by atoms with E-state index in [1.807, 2.05) is 10.9 Å². The van der Waals surface area contributed by atoms with Gasteiger partial charge in [-0.3, -0.25) is 0 Å². The Kier molecular flexibility index (Phi) is 3.15. The van der Waals surface area contributed by atoms with E-state index in [2.05, 4.69) is 38.2 Å². The summed E-state index contributed by atoms with van der Waals surface area (Å²) < 4.78 is 3.13.